The molecule has 1 amide bonds. The van der Waals surface area contributed by atoms with Gasteiger partial charge in [-0.1, -0.05) is 0 Å². The van der Waals surface area contributed by atoms with Gasteiger partial charge in [0, 0.05) is 53.0 Å². The molecule has 1 fully saturated rings. The summed E-state index contributed by atoms with van der Waals surface area (Å²) in [6.45, 7) is 7.35. The van der Waals surface area contributed by atoms with E-state index in [-0.39, 0.29) is 29.9 Å². The summed E-state index contributed by atoms with van der Waals surface area (Å²) in [5.74, 6) is 1.26. The van der Waals surface area contributed by atoms with Crippen LogP contribution in [-0.2, 0) is 4.74 Å². The molecule has 25 heavy (non-hydrogen) atoms. The van der Waals surface area contributed by atoms with Gasteiger partial charge in [-0.25, -0.2) is 0 Å². The lowest BCUT2D eigenvalue weighted by molar-refractivity contribution is 0.0657. The standard InChI is InChI=1S/C17H28N4O3.HI/c1-3-23-13-5-4-8-19-17(18-2)21-11-9-20(10-12-21)16(22)15-7-6-14-24-15;/h6-7,14H,3-5,8-13H2,1-2H3,(H,18,19);1H. The highest BCUT2D eigenvalue weighted by Gasteiger charge is 2.24. The largest absolute Gasteiger partial charge is 0.459 e. The molecular weight excluding hydrogens is 435 g/mol. The van der Waals surface area contributed by atoms with Crippen LogP contribution in [0.5, 0.6) is 0 Å². The number of hydrogen-bond acceptors (Lipinski definition) is 4. The smallest absolute Gasteiger partial charge is 0.289 e. The van der Waals surface area contributed by atoms with Gasteiger partial charge in [0.1, 0.15) is 0 Å². The van der Waals surface area contributed by atoms with Gasteiger partial charge in [-0.05, 0) is 31.9 Å². The van der Waals surface area contributed by atoms with Gasteiger partial charge in [0.15, 0.2) is 11.7 Å². The molecule has 0 unspecified atom stereocenters. The van der Waals surface area contributed by atoms with Gasteiger partial charge in [-0.15, -0.1) is 24.0 Å². The maximum Gasteiger partial charge on any atom is 0.289 e. The highest BCUT2D eigenvalue weighted by Crippen LogP contribution is 2.09. The minimum absolute atomic E-state index is 0. The Kier molecular flexibility index (Phi) is 10.6. The SMILES string of the molecule is CCOCCCCNC(=NC)N1CCN(C(=O)c2ccco2)CC1.I. The number of hydrogen-bond donors (Lipinski definition) is 1. The molecule has 7 nitrogen and oxygen atoms in total. The Balaban J connectivity index is 0.00000312. The van der Waals surface area contributed by atoms with Crippen molar-refractivity contribution in [2.75, 3.05) is 53.0 Å². The number of nitrogens with one attached hydrogen (secondary N) is 1. The second-order valence-electron chi connectivity index (χ2n) is 5.63. The number of carbonyl (C=O) groups excluding carboxylic acids is 1. The van der Waals surface area contributed by atoms with Crippen LogP contribution in [0.15, 0.2) is 27.8 Å². The van der Waals surface area contributed by atoms with E-state index in [1.54, 1.807) is 19.2 Å². The Hall–Kier alpha value is -1.29. The van der Waals surface area contributed by atoms with Gasteiger partial charge in [0.2, 0.25) is 0 Å². The van der Waals surface area contributed by atoms with Gasteiger partial charge in [-0.2, -0.15) is 0 Å². The van der Waals surface area contributed by atoms with Crippen LogP contribution in [0, 0.1) is 0 Å². The van der Waals surface area contributed by atoms with Crippen LogP contribution in [0.1, 0.15) is 30.3 Å². The molecule has 0 aromatic carbocycles. The summed E-state index contributed by atoms with van der Waals surface area (Å²) in [7, 11) is 1.79. The van der Waals surface area contributed by atoms with Crippen LogP contribution < -0.4 is 5.32 Å². The summed E-state index contributed by atoms with van der Waals surface area (Å²) in [6, 6.07) is 3.44. The molecule has 1 aromatic rings. The molecule has 1 aliphatic heterocycles. The number of aliphatic imine (C=N–C) groups is 1. The third-order valence-electron chi connectivity index (χ3n) is 4.01. The second kappa shape index (κ2) is 12.1. The lowest BCUT2D eigenvalue weighted by Gasteiger charge is -2.36. The van der Waals surface area contributed by atoms with E-state index < -0.39 is 0 Å². The zero-order valence-corrected chi connectivity index (χ0v) is 17.4. The number of furan rings is 1. The predicted octanol–water partition coefficient (Wildman–Crippen LogP) is 2.05. The van der Waals surface area contributed by atoms with Crippen molar-refractivity contribution in [3.63, 3.8) is 0 Å². The van der Waals surface area contributed by atoms with E-state index in [9.17, 15) is 4.79 Å². The Morgan fingerprint density at radius 3 is 2.60 bits per heavy atom. The van der Waals surface area contributed by atoms with Crippen LogP contribution in [0.2, 0.25) is 0 Å². The van der Waals surface area contributed by atoms with E-state index in [4.69, 9.17) is 9.15 Å². The number of nitrogens with zero attached hydrogens (tertiary/aromatic N) is 3. The van der Waals surface area contributed by atoms with Gasteiger partial charge >= 0.3 is 0 Å². The molecule has 1 aliphatic rings. The number of rotatable bonds is 7. The van der Waals surface area contributed by atoms with E-state index in [0.29, 0.717) is 18.8 Å². The number of ether oxygens (including phenoxy) is 1. The van der Waals surface area contributed by atoms with E-state index in [1.807, 2.05) is 11.8 Å². The van der Waals surface area contributed by atoms with Crippen LogP contribution in [-0.4, -0.2) is 74.7 Å². The monoisotopic (exact) mass is 464 g/mol. The Morgan fingerprint density at radius 1 is 1.28 bits per heavy atom. The molecule has 1 aromatic heterocycles. The maximum atomic E-state index is 12.3. The first-order chi connectivity index (χ1) is 11.8. The van der Waals surface area contributed by atoms with E-state index in [0.717, 1.165) is 51.6 Å². The van der Waals surface area contributed by atoms with E-state index in [1.165, 1.54) is 6.26 Å². The van der Waals surface area contributed by atoms with Crippen molar-refractivity contribution in [3.05, 3.63) is 24.2 Å². The summed E-state index contributed by atoms with van der Waals surface area (Å²) in [5, 5.41) is 3.39. The van der Waals surface area contributed by atoms with Crippen molar-refractivity contribution < 1.29 is 13.9 Å². The molecule has 0 aliphatic carbocycles. The molecule has 2 rings (SSSR count). The van der Waals surface area contributed by atoms with Crippen LogP contribution in [0.3, 0.4) is 0 Å². The van der Waals surface area contributed by atoms with Crippen LogP contribution in [0.25, 0.3) is 0 Å². The maximum absolute atomic E-state index is 12.3. The lowest BCUT2D eigenvalue weighted by atomic mass is 10.3. The molecule has 1 N–H and O–H groups in total. The zero-order valence-electron chi connectivity index (χ0n) is 15.1. The zero-order chi connectivity index (χ0) is 17.2. The first kappa shape index (κ1) is 21.8. The first-order valence-corrected chi connectivity index (χ1v) is 8.62. The van der Waals surface area contributed by atoms with Crippen LogP contribution in [0.4, 0.5) is 0 Å². The summed E-state index contributed by atoms with van der Waals surface area (Å²) < 4.78 is 10.5. The third-order valence-corrected chi connectivity index (χ3v) is 4.01. The van der Waals surface area contributed by atoms with E-state index >= 15 is 0 Å². The van der Waals surface area contributed by atoms with Crippen molar-refractivity contribution >= 4 is 35.8 Å². The van der Waals surface area contributed by atoms with Gasteiger partial charge in [0.05, 0.1) is 6.26 Å². The van der Waals surface area contributed by atoms with Gasteiger partial charge in [-0.3, -0.25) is 9.79 Å². The molecule has 8 heteroatoms. The van der Waals surface area contributed by atoms with Crippen LogP contribution >= 0.6 is 24.0 Å². The quantitative estimate of drug-likeness (QED) is 0.290. The van der Waals surface area contributed by atoms with E-state index in [2.05, 4.69) is 15.2 Å². The minimum atomic E-state index is -0.0430. The van der Waals surface area contributed by atoms with Gasteiger partial charge < -0.3 is 24.3 Å². The fraction of sp³-hybridized carbons (Fsp3) is 0.647. The molecule has 0 radical (unpaired) electrons. The molecule has 1 saturated heterocycles. The third kappa shape index (κ3) is 6.85. The molecule has 2 heterocycles. The molecule has 0 atom stereocenters. The summed E-state index contributed by atoms with van der Waals surface area (Å²) in [6.07, 6.45) is 3.63. The van der Waals surface area contributed by atoms with Gasteiger partial charge in [0.25, 0.3) is 5.91 Å². The number of unbranched alkanes of at least 4 members (excludes halogenated alkanes) is 1. The van der Waals surface area contributed by atoms with Crippen molar-refractivity contribution in [1.82, 2.24) is 15.1 Å². The number of guanidine groups is 1. The summed E-state index contributed by atoms with van der Waals surface area (Å²) >= 11 is 0. The molecule has 0 bridgehead atoms. The average molecular weight is 464 g/mol. The molecule has 0 spiro atoms. The van der Waals surface area contributed by atoms with Crippen molar-refractivity contribution in [2.24, 2.45) is 4.99 Å². The fourth-order valence-corrected chi connectivity index (χ4v) is 2.68. The second-order valence-corrected chi connectivity index (χ2v) is 5.63. The fourth-order valence-electron chi connectivity index (χ4n) is 2.68. The predicted molar refractivity (Wildman–Crippen MR) is 109 cm³/mol. The Labute approximate surface area is 166 Å². The molecule has 0 saturated carbocycles. The van der Waals surface area contributed by atoms with Crippen molar-refractivity contribution in [3.8, 4) is 0 Å². The molecular formula is C17H29IN4O3. The first-order valence-electron chi connectivity index (χ1n) is 8.62. The lowest BCUT2D eigenvalue weighted by Crippen LogP contribution is -2.53. The van der Waals surface area contributed by atoms with Crippen molar-refractivity contribution in [2.45, 2.75) is 19.8 Å². The number of piperazine rings is 1. The number of halogens is 1. The van der Waals surface area contributed by atoms with Crippen molar-refractivity contribution in [1.29, 1.82) is 0 Å². The highest BCUT2D eigenvalue weighted by atomic mass is 127. The molecule has 142 valence electrons. The number of amides is 1. The topological polar surface area (TPSA) is 70.3 Å². The minimum Gasteiger partial charge on any atom is -0.459 e. The Morgan fingerprint density at radius 2 is 2.00 bits per heavy atom. The normalized spacial score (nSPS) is 15.0. The Bertz CT molecular complexity index is 514. The summed E-state index contributed by atoms with van der Waals surface area (Å²) in [4.78, 5) is 20.6. The summed E-state index contributed by atoms with van der Waals surface area (Å²) in [5.41, 5.74) is 0. The average Bonchev–Trinajstić information content (AvgIpc) is 3.15. The number of carbonyl (C=O) groups is 1. The highest BCUT2D eigenvalue weighted by molar-refractivity contribution is 14.0.